The molecule has 1 aromatic heterocycles. The lowest BCUT2D eigenvalue weighted by atomic mass is 10.1. The minimum atomic E-state index is -0.504. The molecule has 4 aromatic rings. The molecule has 178 valence electrons. The van der Waals surface area contributed by atoms with Gasteiger partial charge in [-0.3, -0.25) is 14.2 Å². The number of benzene rings is 3. The Balaban J connectivity index is 1.51. The molecule has 2 amide bonds. The van der Waals surface area contributed by atoms with Gasteiger partial charge in [0.05, 0.1) is 18.0 Å². The second kappa shape index (κ2) is 11.3. The summed E-state index contributed by atoms with van der Waals surface area (Å²) in [5.74, 6) is -0.600. The van der Waals surface area contributed by atoms with E-state index in [-0.39, 0.29) is 29.8 Å². The molecule has 0 fully saturated rings. The number of amides is 2. The Morgan fingerprint density at radius 1 is 1.03 bits per heavy atom. The second-order valence-electron chi connectivity index (χ2n) is 7.58. The number of hydrogen-bond acceptors (Lipinski definition) is 5. The summed E-state index contributed by atoms with van der Waals surface area (Å²) in [5.41, 5.74) is 2.43. The molecule has 0 spiro atoms. The van der Waals surface area contributed by atoms with E-state index in [2.05, 4.69) is 36.8 Å². The molecule has 0 aliphatic rings. The highest BCUT2D eigenvalue weighted by Crippen LogP contribution is 2.24. The number of hydrogen-bond donors (Lipinski definition) is 2. The molecule has 10 heteroatoms. The van der Waals surface area contributed by atoms with E-state index in [1.54, 1.807) is 22.8 Å². The van der Waals surface area contributed by atoms with E-state index in [0.29, 0.717) is 16.5 Å². The molecule has 0 saturated carbocycles. The van der Waals surface area contributed by atoms with Crippen LogP contribution in [0.15, 0.2) is 82.4 Å². The number of halogens is 2. The summed E-state index contributed by atoms with van der Waals surface area (Å²) >= 11 is 4.59. The van der Waals surface area contributed by atoms with E-state index in [1.807, 2.05) is 49.4 Å². The van der Waals surface area contributed by atoms with Crippen molar-refractivity contribution in [1.82, 2.24) is 20.1 Å². The number of nitrogens with one attached hydrogen (secondary N) is 2. The molecule has 0 atom stereocenters. The molecule has 0 radical (unpaired) electrons. The lowest BCUT2D eigenvalue weighted by Crippen LogP contribution is -2.24. The van der Waals surface area contributed by atoms with Crippen LogP contribution in [0.5, 0.6) is 0 Å². The van der Waals surface area contributed by atoms with Gasteiger partial charge in [-0.1, -0.05) is 57.5 Å². The van der Waals surface area contributed by atoms with Gasteiger partial charge in [-0.25, -0.2) is 4.39 Å². The van der Waals surface area contributed by atoms with E-state index >= 15 is 0 Å². The Kier molecular flexibility index (Phi) is 7.94. The van der Waals surface area contributed by atoms with Crippen molar-refractivity contribution < 1.29 is 14.0 Å². The van der Waals surface area contributed by atoms with Crippen LogP contribution in [0.2, 0.25) is 0 Å². The number of nitrogens with zero attached hydrogens (tertiary/aromatic N) is 3. The van der Waals surface area contributed by atoms with E-state index in [4.69, 9.17) is 0 Å². The topological polar surface area (TPSA) is 88.9 Å². The van der Waals surface area contributed by atoms with Crippen molar-refractivity contribution in [1.29, 1.82) is 0 Å². The summed E-state index contributed by atoms with van der Waals surface area (Å²) in [6.45, 7) is 2.06. The first-order valence-corrected chi connectivity index (χ1v) is 12.4. The fourth-order valence-corrected chi connectivity index (χ4v) is 4.32. The Morgan fingerprint density at radius 3 is 2.54 bits per heavy atom. The van der Waals surface area contributed by atoms with Gasteiger partial charge >= 0.3 is 0 Å². The van der Waals surface area contributed by atoms with Crippen molar-refractivity contribution >= 4 is 45.2 Å². The number of aromatic nitrogens is 3. The summed E-state index contributed by atoms with van der Waals surface area (Å²) in [7, 11) is 0. The number of thioether (sulfide) groups is 1. The zero-order valence-corrected chi connectivity index (χ0v) is 21.1. The Morgan fingerprint density at radius 2 is 1.80 bits per heavy atom. The molecular weight excluding hydrogens is 533 g/mol. The summed E-state index contributed by atoms with van der Waals surface area (Å²) in [6.07, 6.45) is 0. The normalized spacial score (nSPS) is 10.7. The number of rotatable bonds is 8. The number of carbonyl (C=O) groups excluding carboxylic acids is 2. The number of para-hydroxylation sites is 1. The number of aryl methyl sites for hydroxylation is 1. The average Bonchev–Trinajstić information content (AvgIpc) is 3.26. The molecule has 0 unspecified atom stereocenters. The molecule has 0 aliphatic carbocycles. The van der Waals surface area contributed by atoms with Crippen molar-refractivity contribution in [3.8, 4) is 5.69 Å². The molecule has 0 bridgehead atoms. The van der Waals surface area contributed by atoms with Gasteiger partial charge in [0.2, 0.25) is 5.91 Å². The zero-order chi connectivity index (χ0) is 24.8. The molecule has 1 heterocycles. The highest BCUT2D eigenvalue weighted by atomic mass is 79.9. The van der Waals surface area contributed by atoms with Gasteiger partial charge in [-0.05, 0) is 55.5 Å². The first-order valence-electron chi connectivity index (χ1n) is 10.6. The predicted octanol–water partition coefficient (Wildman–Crippen LogP) is 5.14. The molecule has 3 aromatic carbocycles. The van der Waals surface area contributed by atoms with Gasteiger partial charge in [0.25, 0.3) is 5.91 Å². The van der Waals surface area contributed by atoms with Crippen molar-refractivity contribution in [3.63, 3.8) is 0 Å². The van der Waals surface area contributed by atoms with Crippen LogP contribution >= 0.6 is 27.7 Å². The van der Waals surface area contributed by atoms with E-state index in [9.17, 15) is 14.0 Å². The summed E-state index contributed by atoms with van der Waals surface area (Å²) < 4.78 is 16.5. The quantitative estimate of drug-likeness (QED) is 0.295. The SMILES string of the molecule is Cc1cccc(C(=O)NCc2nnc(SCC(=O)Nc3ccccc3F)n2-c2ccc(Br)cc2)c1. The van der Waals surface area contributed by atoms with Gasteiger partial charge < -0.3 is 10.6 Å². The maximum absolute atomic E-state index is 13.8. The minimum absolute atomic E-state index is 0.00134. The first kappa shape index (κ1) is 24.6. The van der Waals surface area contributed by atoms with Crippen molar-refractivity contribution in [2.75, 3.05) is 11.1 Å². The fraction of sp³-hybridized carbons (Fsp3) is 0.120. The largest absolute Gasteiger partial charge is 0.345 e. The highest BCUT2D eigenvalue weighted by Gasteiger charge is 2.17. The van der Waals surface area contributed by atoms with Crippen LogP contribution in [-0.4, -0.2) is 32.3 Å². The third kappa shape index (κ3) is 6.34. The maximum atomic E-state index is 13.8. The highest BCUT2D eigenvalue weighted by molar-refractivity contribution is 9.10. The van der Waals surface area contributed by atoms with Gasteiger partial charge in [-0.15, -0.1) is 10.2 Å². The summed E-state index contributed by atoms with van der Waals surface area (Å²) in [5, 5.41) is 14.4. The van der Waals surface area contributed by atoms with Gasteiger partial charge in [0, 0.05) is 15.7 Å². The van der Waals surface area contributed by atoms with Crippen molar-refractivity contribution in [3.05, 3.63) is 100 Å². The standard InChI is InChI=1S/C25H21BrFN5O2S/c1-16-5-4-6-17(13-16)24(34)28-14-22-30-31-25(32(22)19-11-9-18(26)10-12-19)35-15-23(33)29-21-8-3-2-7-20(21)27/h2-13H,14-15H2,1H3,(H,28,34)(H,29,33). The Hall–Kier alpha value is -3.50. The van der Waals surface area contributed by atoms with Crippen LogP contribution in [0.1, 0.15) is 21.7 Å². The summed E-state index contributed by atoms with van der Waals surface area (Å²) in [6, 6.07) is 20.8. The summed E-state index contributed by atoms with van der Waals surface area (Å²) in [4.78, 5) is 25.0. The van der Waals surface area contributed by atoms with Gasteiger partial charge in [-0.2, -0.15) is 0 Å². The molecular formula is C25H21BrFN5O2S. The molecule has 4 rings (SSSR count). The minimum Gasteiger partial charge on any atom is -0.345 e. The Bertz CT molecular complexity index is 1360. The fourth-order valence-electron chi connectivity index (χ4n) is 3.28. The molecule has 7 nitrogen and oxygen atoms in total. The van der Waals surface area contributed by atoms with Crippen LogP contribution in [0, 0.1) is 12.7 Å². The lowest BCUT2D eigenvalue weighted by molar-refractivity contribution is -0.113. The van der Waals surface area contributed by atoms with Crippen LogP contribution < -0.4 is 10.6 Å². The van der Waals surface area contributed by atoms with E-state index < -0.39 is 5.82 Å². The number of carbonyl (C=O) groups is 2. The molecule has 35 heavy (non-hydrogen) atoms. The third-order valence-electron chi connectivity index (χ3n) is 4.95. The molecule has 2 N–H and O–H groups in total. The maximum Gasteiger partial charge on any atom is 0.251 e. The van der Waals surface area contributed by atoms with Crippen LogP contribution in [0.3, 0.4) is 0 Å². The smallest absolute Gasteiger partial charge is 0.251 e. The number of anilines is 1. The molecule has 0 saturated heterocycles. The molecule has 0 aliphatic heterocycles. The average molecular weight is 554 g/mol. The Labute approximate surface area is 214 Å². The predicted molar refractivity (Wildman–Crippen MR) is 137 cm³/mol. The zero-order valence-electron chi connectivity index (χ0n) is 18.7. The van der Waals surface area contributed by atoms with Crippen LogP contribution in [-0.2, 0) is 11.3 Å². The van der Waals surface area contributed by atoms with Crippen molar-refractivity contribution in [2.24, 2.45) is 0 Å². The van der Waals surface area contributed by atoms with Crippen LogP contribution in [0.25, 0.3) is 5.69 Å². The van der Waals surface area contributed by atoms with Crippen molar-refractivity contribution in [2.45, 2.75) is 18.6 Å². The van der Waals surface area contributed by atoms with E-state index in [1.165, 1.54) is 12.1 Å². The van der Waals surface area contributed by atoms with Gasteiger partial charge in [0.15, 0.2) is 11.0 Å². The van der Waals surface area contributed by atoms with Gasteiger partial charge in [0.1, 0.15) is 5.82 Å². The van der Waals surface area contributed by atoms with Crippen LogP contribution in [0.4, 0.5) is 10.1 Å². The second-order valence-corrected chi connectivity index (χ2v) is 9.44. The third-order valence-corrected chi connectivity index (χ3v) is 6.41. The van der Waals surface area contributed by atoms with E-state index in [0.717, 1.165) is 27.5 Å². The lowest BCUT2D eigenvalue weighted by Gasteiger charge is -2.11. The monoisotopic (exact) mass is 553 g/mol. The first-order chi connectivity index (χ1) is 16.9.